The van der Waals surface area contributed by atoms with E-state index in [-0.39, 0.29) is 23.0 Å². The number of nitrogens with two attached hydrogens (primary N) is 1. The van der Waals surface area contributed by atoms with Crippen molar-refractivity contribution in [3.8, 4) is 0 Å². The van der Waals surface area contributed by atoms with Gasteiger partial charge >= 0.3 is 0 Å². The minimum Gasteiger partial charge on any atom is -0.398 e. The smallest absolute Gasteiger partial charge is 0.245 e. The van der Waals surface area contributed by atoms with E-state index < -0.39 is 10.0 Å². The van der Waals surface area contributed by atoms with Gasteiger partial charge in [-0.3, -0.25) is 4.79 Å². The number of nitrogens with one attached hydrogen (secondary N) is 1. The van der Waals surface area contributed by atoms with Crippen LogP contribution < -0.4 is 11.1 Å². The van der Waals surface area contributed by atoms with Crippen LogP contribution in [-0.2, 0) is 14.8 Å². The predicted molar refractivity (Wildman–Crippen MR) is 74.1 cm³/mol. The van der Waals surface area contributed by atoms with Crippen molar-refractivity contribution in [3.05, 3.63) is 23.8 Å². The second-order valence-electron chi connectivity index (χ2n) is 4.21. The van der Waals surface area contributed by atoms with Crippen molar-refractivity contribution in [1.29, 1.82) is 0 Å². The number of nitrogen functional groups attached to an aromatic ring is 1. The van der Waals surface area contributed by atoms with Gasteiger partial charge in [0.2, 0.25) is 15.9 Å². The predicted octanol–water partition coefficient (Wildman–Crippen LogP) is 0.334. The molecule has 19 heavy (non-hydrogen) atoms. The van der Waals surface area contributed by atoms with Gasteiger partial charge in [0.1, 0.15) is 4.90 Å². The van der Waals surface area contributed by atoms with Crippen molar-refractivity contribution in [2.45, 2.75) is 18.7 Å². The number of carbonyl (C=O) groups is 1. The van der Waals surface area contributed by atoms with Crippen LogP contribution in [0.5, 0.6) is 0 Å². The monoisotopic (exact) mass is 285 g/mol. The number of amides is 1. The summed E-state index contributed by atoms with van der Waals surface area (Å²) in [6.07, 6.45) is 0. The Bertz CT molecular complexity index is 549. The molecule has 0 aromatic heterocycles. The maximum absolute atomic E-state index is 12.4. The number of aryl methyl sites for hydroxylation is 1. The van der Waals surface area contributed by atoms with Crippen LogP contribution in [0.25, 0.3) is 0 Å². The molecule has 0 aliphatic rings. The second-order valence-corrected chi connectivity index (χ2v) is 6.19. The maximum Gasteiger partial charge on any atom is 0.245 e. The number of carbonyl (C=O) groups excluding carboxylic acids is 1. The third-order valence-corrected chi connectivity index (χ3v) is 4.67. The lowest BCUT2D eigenvalue weighted by molar-refractivity contribution is -0.121. The van der Waals surface area contributed by atoms with Crippen LogP contribution in [0.15, 0.2) is 23.1 Å². The number of nitrogens with zero attached hydrogens (tertiary/aromatic N) is 1. The summed E-state index contributed by atoms with van der Waals surface area (Å²) in [7, 11) is -2.41. The number of benzene rings is 1. The summed E-state index contributed by atoms with van der Waals surface area (Å²) < 4.78 is 25.8. The minimum absolute atomic E-state index is 0.0572. The fourth-order valence-corrected chi connectivity index (χ4v) is 3.16. The zero-order valence-electron chi connectivity index (χ0n) is 11.3. The number of likely N-dealkylation sites (N-methyl/N-ethyl adjacent to an activating group) is 2. The molecular formula is C12H19N3O3S. The van der Waals surface area contributed by atoms with Gasteiger partial charge in [-0.15, -0.1) is 0 Å². The zero-order valence-corrected chi connectivity index (χ0v) is 12.1. The molecule has 1 aromatic carbocycles. The van der Waals surface area contributed by atoms with Crippen molar-refractivity contribution in [2.75, 3.05) is 25.9 Å². The molecule has 1 rings (SSSR count). The number of anilines is 1. The molecule has 0 saturated heterocycles. The second kappa shape index (κ2) is 6.03. The van der Waals surface area contributed by atoms with E-state index in [4.69, 9.17) is 5.73 Å². The molecule has 6 nitrogen and oxygen atoms in total. The van der Waals surface area contributed by atoms with Crippen LogP contribution in [0.2, 0.25) is 0 Å². The molecule has 7 heteroatoms. The highest BCUT2D eigenvalue weighted by Gasteiger charge is 2.26. The number of hydrogen-bond donors (Lipinski definition) is 2. The van der Waals surface area contributed by atoms with Crippen LogP contribution in [0, 0.1) is 6.92 Å². The molecular weight excluding hydrogens is 266 g/mol. The summed E-state index contributed by atoms with van der Waals surface area (Å²) in [4.78, 5) is 11.5. The Hall–Kier alpha value is -1.60. The first-order valence-electron chi connectivity index (χ1n) is 5.88. The van der Waals surface area contributed by atoms with Gasteiger partial charge in [0, 0.05) is 13.6 Å². The van der Waals surface area contributed by atoms with Gasteiger partial charge in [0.25, 0.3) is 0 Å². The summed E-state index contributed by atoms with van der Waals surface area (Å²) in [5, 5.41) is 2.55. The molecule has 0 unspecified atom stereocenters. The lowest BCUT2D eigenvalue weighted by Crippen LogP contribution is -2.38. The van der Waals surface area contributed by atoms with Crippen molar-refractivity contribution >= 4 is 21.6 Å². The average molecular weight is 285 g/mol. The van der Waals surface area contributed by atoms with E-state index in [2.05, 4.69) is 5.32 Å². The number of sulfonamides is 1. The molecule has 0 spiro atoms. The van der Waals surface area contributed by atoms with E-state index in [9.17, 15) is 13.2 Å². The third kappa shape index (κ3) is 3.45. The Labute approximate surface area is 113 Å². The Kier molecular flexibility index (Phi) is 4.90. The molecule has 0 atom stereocenters. The van der Waals surface area contributed by atoms with Crippen molar-refractivity contribution in [2.24, 2.45) is 0 Å². The maximum atomic E-state index is 12.4. The molecule has 3 N–H and O–H groups in total. The molecule has 0 heterocycles. The van der Waals surface area contributed by atoms with Gasteiger partial charge in [-0.25, -0.2) is 8.42 Å². The van der Waals surface area contributed by atoms with Crippen LogP contribution in [-0.4, -0.2) is 38.8 Å². The highest BCUT2D eigenvalue weighted by Crippen LogP contribution is 2.24. The van der Waals surface area contributed by atoms with Gasteiger partial charge in [-0.2, -0.15) is 4.31 Å². The van der Waals surface area contributed by atoms with Crippen LogP contribution in [0.4, 0.5) is 5.69 Å². The Morgan fingerprint density at radius 3 is 2.58 bits per heavy atom. The summed E-state index contributed by atoms with van der Waals surface area (Å²) in [6, 6.07) is 4.89. The highest BCUT2D eigenvalue weighted by molar-refractivity contribution is 7.89. The van der Waals surface area contributed by atoms with Crippen molar-refractivity contribution in [3.63, 3.8) is 0 Å². The Morgan fingerprint density at radius 1 is 1.42 bits per heavy atom. The largest absolute Gasteiger partial charge is 0.398 e. The SMILES string of the molecule is CCNC(=O)CN(C)S(=O)(=O)c1c(C)cccc1N. The first kappa shape index (κ1) is 15.5. The molecule has 0 bridgehead atoms. The van der Waals surface area contributed by atoms with E-state index in [0.717, 1.165) is 4.31 Å². The van der Waals surface area contributed by atoms with Gasteiger partial charge in [0.15, 0.2) is 0 Å². The average Bonchev–Trinajstić information content (AvgIpc) is 2.28. The van der Waals surface area contributed by atoms with Gasteiger partial charge in [0.05, 0.1) is 12.2 Å². The lowest BCUT2D eigenvalue weighted by Gasteiger charge is -2.19. The van der Waals surface area contributed by atoms with E-state index in [0.29, 0.717) is 12.1 Å². The van der Waals surface area contributed by atoms with Crippen LogP contribution in [0.1, 0.15) is 12.5 Å². The first-order valence-corrected chi connectivity index (χ1v) is 7.32. The van der Waals surface area contributed by atoms with E-state index in [1.54, 1.807) is 26.0 Å². The highest BCUT2D eigenvalue weighted by atomic mass is 32.2. The molecule has 0 fully saturated rings. The zero-order chi connectivity index (χ0) is 14.6. The summed E-state index contributed by atoms with van der Waals surface area (Å²) >= 11 is 0. The summed E-state index contributed by atoms with van der Waals surface area (Å²) in [5.41, 5.74) is 6.47. The molecule has 0 aliphatic heterocycles. The van der Waals surface area contributed by atoms with Gasteiger partial charge in [-0.1, -0.05) is 12.1 Å². The van der Waals surface area contributed by atoms with Crippen LogP contribution in [0.3, 0.4) is 0 Å². The molecule has 1 aromatic rings. The number of rotatable bonds is 5. The molecule has 0 aliphatic carbocycles. The van der Waals surface area contributed by atoms with Crippen molar-refractivity contribution < 1.29 is 13.2 Å². The quantitative estimate of drug-likeness (QED) is 0.763. The van der Waals surface area contributed by atoms with E-state index >= 15 is 0 Å². The van der Waals surface area contributed by atoms with E-state index in [1.807, 2.05) is 0 Å². The topological polar surface area (TPSA) is 92.5 Å². The normalized spacial score (nSPS) is 11.6. The standard InChI is InChI=1S/C12H19N3O3S/c1-4-14-11(16)8-15(3)19(17,18)12-9(2)6-5-7-10(12)13/h5-7H,4,8,13H2,1-3H3,(H,14,16). The van der Waals surface area contributed by atoms with Gasteiger partial charge < -0.3 is 11.1 Å². The van der Waals surface area contributed by atoms with E-state index in [1.165, 1.54) is 13.1 Å². The van der Waals surface area contributed by atoms with Crippen molar-refractivity contribution in [1.82, 2.24) is 9.62 Å². The number of hydrogen-bond acceptors (Lipinski definition) is 4. The minimum atomic E-state index is -3.77. The summed E-state index contributed by atoms with van der Waals surface area (Å²) in [5.74, 6) is -0.347. The molecule has 0 radical (unpaired) electrons. The molecule has 0 saturated carbocycles. The van der Waals surface area contributed by atoms with Gasteiger partial charge in [-0.05, 0) is 25.5 Å². The fourth-order valence-electron chi connectivity index (χ4n) is 1.72. The Balaban J connectivity index is 3.07. The molecule has 106 valence electrons. The molecule has 1 amide bonds. The Morgan fingerprint density at radius 2 is 2.05 bits per heavy atom. The summed E-state index contributed by atoms with van der Waals surface area (Å²) in [6.45, 7) is 3.66. The third-order valence-electron chi connectivity index (χ3n) is 2.65. The lowest BCUT2D eigenvalue weighted by atomic mass is 10.2. The van der Waals surface area contributed by atoms with Crippen LogP contribution >= 0.6 is 0 Å². The first-order chi connectivity index (χ1) is 8.80. The fraction of sp³-hybridized carbons (Fsp3) is 0.417.